The van der Waals surface area contributed by atoms with Crippen LogP contribution in [0, 0.1) is 0 Å². The molecule has 0 saturated carbocycles. The zero-order valence-corrected chi connectivity index (χ0v) is 4.89. The first-order chi connectivity index (χ1) is 3.35. The highest BCUT2D eigenvalue weighted by Crippen LogP contribution is 1.79. The van der Waals surface area contributed by atoms with E-state index in [-0.39, 0.29) is 6.41 Å². The van der Waals surface area contributed by atoms with Crippen molar-refractivity contribution in [1.82, 2.24) is 5.32 Å². The van der Waals surface area contributed by atoms with Crippen molar-refractivity contribution in [2.45, 2.75) is 6.41 Å². The molecule has 0 aliphatic heterocycles. The Morgan fingerprint density at radius 2 is 1.71 bits per heavy atom. The number of methoxy groups -OCH3 is 2. The van der Waals surface area contributed by atoms with Gasteiger partial charge in [-0.1, -0.05) is 0 Å². The maximum atomic E-state index is 4.72. The normalized spacial score (nSPS) is 10.3. The van der Waals surface area contributed by atoms with Gasteiger partial charge < -0.3 is 9.47 Å². The fourth-order valence-corrected chi connectivity index (χ4v) is 0.332. The van der Waals surface area contributed by atoms with Gasteiger partial charge in [-0.05, 0) is 7.05 Å². The van der Waals surface area contributed by atoms with Gasteiger partial charge in [0.2, 0.25) is 6.41 Å². The molecular weight excluding hydrogens is 94.0 g/mol. The molecule has 0 radical (unpaired) electrons. The summed E-state index contributed by atoms with van der Waals surface area (Å²) < 4.78 is 9.43. The first-order valence-electron chi connectivity index (χ1n) is 2.08. The van der Waals surface area contributed by atoms with Crippen LogP contribution in [0.5, 0.6) is 0 Å². The molecule has 0 aliphatic rings. The minimum absolute atomic E-state index is 0.264. The molecule has 44 valence electrons. The summed E-state index contributed by atoms with van der Waals surface area (Å²) in [5.41, 5.74) is 0. The van der Waals surface area contributed by atoms with Gasteiger partial charge in [-0.2, -0.15) is 0 Å². The molecule has 0 bridgehead atoms. The molecule has 0 rings (SSSR count). The van der Waals surface area contributed by atoms with Gasteiger partial charge in [-0.3, -0.25) is 5.32 Å². The van der Waals surface area contributed by atoms with Crippen LogP contribution in [-0.2, 0) is 9.47 Å². The topological polar surface area (TPSA) is 30.5 Å². The maximum absolute atomic E-state index is 4.72. The van der Waals surface area contributed by atoms with E-state index in [2.05, 4.69) is 5.32 Å². The van der Waals surface area contributed by atoms with E-state index in [1.54, 1.807) is 21.3 Å². The number of ether oxygens (including phenoxy) is 2. The molecule has 0 heterocycles. The Bertz CT molecular complexity index is 31.2. The summed E-state index contributed by atoms with van der Waals surface area (Å²) in [5, 5.41) is 2.76. The van der Waals surface area contributed by atoms with Gasteiger partial charge in [0.05, 0.1) is 0 Å². The van der Waals surface area contributed by atoms with E-state index in [1.165, 1.54) is 0 Å². The van der Waals surface area contributed by atoms with Crippen molar-refractivity contribution in [2.75, 3.05) is 21.3 Å². The van der Waals surface area contributed by atoms with E-state index >= 15 is 0 Å². The van der Waals surface area contributed by atoms with Gasteiger partial charge in [-0.15, -0.1) is 0 Å². The number of rotatable bonds is 3. The van der Waals surface area contributed by atoms with Gasteiger partial charge in [0.15, 0.2) is 0 Å². The third-order valence-electron chi connectivity index (χ3n) is 0.664. The van der Waals surface area contributed by atoms with Crippen molar-refractivity contribution < 1.29 is 9.47 Å². The summed E-state index contributed by atoms with van der Waals surface area (Å²) >= 11 is 0. The highest BCUT2D eigenvalue weighted by molar-refractivity contribution is 4.25. The van der Waals surface area contributed by atoms with E-state index in [0.717, 1.165) is 0 Å². The molecule has 0 spiro atoms. The highest BCUT2D eigenvalue weighted by atomic mass is 16.7. The lowest BCUT2D eigenvalue weighted by molar-refractivity contribution is -0.118. The van der Waals surface area contributed by atoms with Crippen molar-refractivity contribution in [3.63, 3.8) is 0 Å². The Morgan fingerprint density at radius 1 is 1.29 bits per heavy atom. The largest absolute Gasteiger partial charge is 0.343 e. The van der Waals surface area contributed by atoms with Crippen LogP contribution in [0.15, 0.2) is 0 Å². The molecule has 3 heteroatoms. The zero-order chi connectivity index (χ0) is 5.70. The molecule has 0 aromatic heterocycles. The molecule has 0 unspecified atom stereocenters. The maximum Gasteiger partial charge on any atom is 0.215 e. The Kier molecular flexibility index (Phi) is 3.98. The number of hydrogen-bond donors (Lipinski definition) is 1. The number of hydrogen-bond acceptors (Lipinski definition) is 3. The molecule has 0 saturated heterocycles. The fourth-order valence-electron chi connectivity index (χ4n) is 0.332. The second kappa shape index (κ2) is 4.05. The van der Waals surface area contributed by atoms with Crippen LogP contribution in [-0.4, -0.2) is 27.7 Å². The molecule has 1 N–H and O–H groups in total. The molecule has 0 fully saturated rings. The molecule has 0 aromatic rings. The summed E-state index contributed by atoms with van der Waals surface area (Å²) in [6.07, 6.45) is -0.264. The molecule has 0 aromatic carbocycles. The molecule has 0 atom stereocenters. The first-order valence-corrected chi connectivity index (χ1v) is 2.08. The van der Waals surface area contributed by atoms with Gasteiger partial charge in [0.25, 0.3) is 0 Å². The van der Waals surface area contributed by atoms with Crippen molar-refractivity contribution in [3.8, 4) is 0 Å². The monoisotopic (exact) mass is 105 g/mol. The van der Waals surface area contributed by atoms with Gasteiger partial charge in [0, 0.05) is 14.2 Å². The van der Waals surface area contributed by atoms with E-state index in [4.69, 9.17) is 9.47 Å². The summed E-state index contributed by atoms with van der Waals surface area (Å²) in [4.78, 5) is 0. The smallest absolute Gasteiger partial charge is 0.215 e. The summed E-state index contributed by atoms with van der Waals surface area (Å²) in [6.45, 7) is 0. The second-order valence-corrected chi connectivity index (χ2v) is 1.09. The van der Waals surface area contributed by atoms with Crippen LogP contribution < -0.4 is 5.32 Å². The molecular formula is C4H11NO2. The average Bonchev–Trinajstić information content (AvgIpc) is 1.72. The third-order valence-corrected chi connectivity index (χ3v) is 0.664. The second-order valence-electron chi connectivity index (χ2n) is 1.09. The van der Waals surface area contributed by atoms with Crippen LogP contribution in [0.1, 0.15) is 0 Å². The quantitative estimate of drug-likeness (QED) is 0.503. The minimum atomic E-state index is -0.264. The lowest BCUT2D eigenvalue weighted by atomic mass is 11.0. The van der Waals surface area contributed by atoms with E-state index < -0.39 is 0 Å². The molecule has 0 aliphatic carbocycles. The predicted octanol–water partition coefficient (Wildman–Crippen LogP) is -0.218. The molecule has 7 heavy (non-hydrogen) atoms. The van der Waals surface area contributed by atoms with Crippen molar-refractivity contribution >= 4 is 0 Å². The zero-order valence-electron chi connectivity index (χ0n) is 4.89. The Morgan fingerprint density at radius 3 is 1.71 bits per heavy atom. The van der Waals surface area contributed by atoms with Crippen molar-refractivity contribution in [2.24, 2.45) is 0 Å². The third kappa shape index (κ3) is 2.56. The van der Waals surface area contributed by atoms with Crippen LogP contribution in [0.3, 0.4) is 0 Å². The average molecular weight is 105 g/mol. The van der Waals surface area contributed by atoms with E-state index in [1.807, 2.05) is 0 Å². The van der Waals surface area contributed by atoms with Crippen molar-refractivity contribution in [1.29, 1.82) is 0 Å². The predicted molar refractivity (Wildman–Crippen MR) is 26.9 cm³/mol. The Labute approximate surface area is 43.6 Å². The molecule has 0 amide bonds. The van der Waals surface area contributed by atoms with Crippen LogP contribution in [0.25, 0.3) is 0 Å². The summed E-state index contributed by atoms with van der Waals surface area (Å²) in [6, 6.07) is 0. The fraction of sp³-hybridized carbons (Fsp3) is 1.00. The standard InChI is InChI=1S/C4H11NO2/c1-5-4(6-2)7-3/h4-5H,1-3H3. The lowest BCUT2D eigenvalue weighted by Crippen LogP contribution is -2.28. The first kappa shape index (κ1) is 6.88. The van der Waals surface area contributed by atoms with Gasteiger partial charge in [-0.25, -0.2) is 0 Å². The number of nitrogens with one attached hydrogen (secondary N) is 1. The van der Waals surface area contributed by atoms with Crippen molar-refractivity contribution in [3.05, 3.63) is 0 Å². The van der Waals surface area contributed by atoms with Crippen LogP contribution in [0.2, 0.25) is 0 Å². The van der Waals surface area contributed by atoms with Crippen LogP contribution >= 0.6 is 0 Å². The lowest BCUT2D eigenvalue weighted by Gasteiger charge is -2.09. The summed E-state index contributed by atoms with van der Waals surface area (Å²) in [5.74, 6) is 0. The van der Waals surface area contributed by atoms with Gasteiger partial charge >= 0.3 is 0 Å². The highest BCUT2D eigenvalue weighted by Gasteiger charge is 1.94. The summed E-state index contributed by atoms with van der Waals surface area (Å²) in [7, 11) is 4.91. The molecule has 3 nitrogen and oxygen atoms in total. The SMILES string of the molecule is CNC(OC)OC. The van der Waals surface area contributed by atoms with E-state index in [9.17, 15) is 0 Å². The van der Waals surface area contributed by atoms with E-state index in [0.29, 0.717) is 0 Å². The van der Waals surface area contributed by atoms with Gasteiger partial charge in [0.1, 0.15) is 0 Å². The Balaban J connectivity index is 2.99. The minimum Gasteiger partial charge on any atom is -0.343 e. The van der Waals surface area contributed by atoms with Crippen LogP contribution in [0.4, 0.5) is 0 Å². The Hall–Kier alpha value is -0.120.